The van der Waals surface area contributed by atoms with E-state index in [4.69, 9.17) is 19.5 Å². The first-order valence-corrected chi connectivity index (χ1v) is 7.41. The van der Waals surface area contributed by atoms with Crippen molar-refractivity contribution in [3.05, 3.63) is 0 Å². The Balaban J connectivity index is -0.000000439. The normalized spacial score (nSPS) is 10.4. The summed E-state index contributed by atoms with van der Waals surface area (Å²) in [7, 11) is -0.551. The van der Waals surface area contributed by atoms with Gasteiger partial charge in [0.1, 0.15) is 0 Å². The van der Waals surface area contributed by atoms with Gasteiger partial charge in [0, 0.05) is 27.5 Å². The molecule has 0 saturated carbocycles. The number of rotatable bonds is 3. The van der Waals surface area contributed by atoms with Gasteiger partial charge < -0.3 is 14.9 Å². The summed E-state index contributed by atoms with van der Waals surface area (Å²) in [6, 6.07) is 0. The lowest BCUT2D eigenvalue weighted by Crippen LogP contribution is -2.23. The fourth-order valence-electron chi connectivity index (χ4n) is 0.423. The molecule has 0 unspecified atom stereocenters. The van der Waals surface area contributed by atoms with Gasteiger partial charge in [-0.25, -0.2) is 0 Å². The zero-order valence-corrected chi connectivity index (χ0v) is 12.6. The number of carbonyl (C=O) groups is 1. The molecule has 0 aromatic carbocycles. The minimum Gasteiger partial charge on any atom is -0.438 e. The average Bonchev–Trinajstić information content (AvgIpc) is 2.20. The van der Waals surface area contributed by atoms with E-state index in [1.807, 2.05) is 0 Å². The fourth-order valence-corrected chi connectivity index (χ4v) is 0.730. The predicted molar refractivity (Wildman–Crippen MR) is 67.2 cm³/mol. The Bertz CT molecular complexity index is 227. The van der Waals surface area contributed by atoms with E-state index >= 15 is 0 Å². The van der Waals surface area contributed by atoms with Crippen LogP contribution in [0.1, 0.15) is 20.8 Å². The Morgan fingerprint density at radius 2 is 1.47 bits per heavy atom. The van der Waals surface area contributed by atoms with Crippen molar-refractivity contribution < 1.29 is 28.8 Å². The number of esters is 1. The summed E-state index contributed by atoms with van der Waals surface area (Å²) in [5.41, 5.74) is -0.547. The molecule has 0 saturated heterocycles. The van der Waals surface area contributed by atoms with Gasteiger partial charge in [-0.1, -0.05) is 0 Å². The summed E-state index contributed by atoms with van der Waals surface area (Å²) in [4.78, 5) is 11.2. The predicted octanol–water partition coefficient (Wildman–Crippen LogP) is 1.30. The molecule has 7 heteroatoms. The molecule has 17 heavy (non-hydrogen) atoms. The topological polar surface area (TPSA) is 93.1 Å². The first kappa shape index (κ1) is 21.8. The summed E-state index contributed by atoms with van der Waals surface area (Å²) in [5.74, 6) is -0.360. The molecule has 0 aliphatic heterocycles. The summed E-state index contributed by atoms with van der Waals surface area (Å²) in [6.45, 7) is 7.93. The Morgan fingerprint density at radius 3 is 1.71 bits per heavy atom. The molecule has 0 bridgehead atoms. The summed E-state index contributed by atoms with van der Waals surface area (Å²) in [6.07, 6.45) is 0. The van der Waals surface area contributed by atoms with Crippen LogP contribution in [0.3, 0.4) is 0 Å². The van der Waals surface area contributed by atoms with Crippen molar-refractivity contribution in [2.75, 3.05) is 34.3 Å². The Morgan fingerprint density at radius 1 is 1.12 bits per heavy atom. The SMILES string of the molecule is CC(C)(C)C(=O)OCOP(C)(C)=O.CO.CO. The first-order valence-electron chi connectivity index (χ1n) is 4.89. The third-order valence-electron chi connectivity index (χ3n) is 1.17. The van der Waals surface area contributed by atoms with Crippen LogP contribution in [-0.2, 0) is 18.6 Å². The highest BCUT2D eigenvalue weighted by atomic mass is 31.2. The highest BCUT2D eigenvalue weighted by Gasteiger charge is 2.23. The highest BCUT2D eigenvalue weighted by molar-refractivity contribution is 7.57. The molecule has 2 N–H and O–H groups in total. The maximum atomic E-state index is 11.2. The van der Waals surface area contributed by atoms with Crippen molar-refractivity contribution in [3.63, 3.8) is 0 Å². The zero-order chi connectivity index (χ0) is 14.7. The van der Waals surface area contributed by atoms with Crippen LogP contribution >= 0.6 is 7.37 Å². The molecule has 0 heterocycles. The smallest absolute Gasteiger partial charge is 0.313 e. The van der Waals surface area contributed by atoms with Crippen LogP contribution in [0.5, 0.6) is 0 Å². The molecule has 0 radical (unpaired) electrons. The van der Waals surface area contributed by atoms with Crippen molar-refractivity contribution in [1.29, 1.82) is 0 Å². The molecule has 0 fully saturated rings. The van der Waals surface area contributed by atoms with Gasteiger partial charge in [-0.2, -0.15) is 0 Å². The lowest BCUT2D eigenvalue weighted by molar-refractivity contribution is -0.159. The van der Waals surface area contributed by atoms with E-state index in [9.17, 15) is 9.36 Å². The minimum absolute atomic E-state index is 0.236. The summed E-state index contributed by atoms with van der Waals surface area (Å²) in [5, 5.41) is 14.0. The van der Waals surface area contributed by atoms with Gasteiger partial charge >= 0.3 is 5.97 Å². The van der Waals surface area contributed by atoms with Gasteiger partial charge in [-0.15, -0.1) is 0 Å². The van der Waals surface area contributed by atoms with Gasteiger partial charge in [-0.3, -0.25) is 13.9 Å². The average molecular weight is 272 g/mol. The second kappa shape index (κ2) is 10.7. The molecule has 6 nitrogen and oxygen atoms in total. The number of carbonyl (C=O) groups excluding carboxylic acids is 1. The summed E-state index contributed by atoms with van der Waals surface area (Å²) < 4.78 is 20.6. The maximum Gasteiger partial charge on any atom is 0.313 e. The monoisotopic (exact) mass is 272 g/mol. The Labute approximate surface area is 103 Å². The molecular formula is C10H25O6P. The molecular weight excluding hydrogens is 247 g/mol. The van der Waals surface area contributed by atoms with Crippen molar-refractivity contribution >= 4 is 13.3 Å². The Kier molecular flexibility index (Phi) is 13.8. The van der Waals surface area contributed by atoms with Crippen LogP contribution in [0.4, 0.5) is 0 Å². The van der Waals surface area contributed by atoms with Crippen molar-refractivity contribution in [1.82, 2.24) is 0 Å². The van der Waals surface area contributed by atoms with Crippen molar-refractivity contribution in [2.24, 2.45) is 5.41 Å². The molecule has 106 valence electrons. The van der Waals surface area contributed by atoms with Gasteiger partial charge in [0.2, 0.25) is 0 Å². The molecule has 0 aliphatic rings. The second-order valence-corrected chi connectivity index (χ2v) is 6.94. The molecule has 0 spiro atoms. The molecule has 0 rings (SSSR count). The molecule has 0 atom stereocenters. The van der Waals surface area contributed by atoms with E-state index in [2.05, 4.69) is 0 Å². The molecule has 0 aromatic heterocycles. The van der Waals surface area contributed by atoms with Crippen LogP contribution < -0.4 is 0 Å². The van der Waals surface area contributed by atoms with Crippen LogP contribution in [0.15, 0.2) is 0 Å². The second-order valence-electron chi connectivity index (χ2n) is 4.18. The van der Waals surface area contributed by atoms with E-state index in [1.165, 1.54) is 13.3 Å². The van der Waals surface area contributed by atoms with Gasteiger partial charge in [0.05, 0.1) is 5.41 Å². The van der Waals surface area contributed by atoms with E-state index in [0.717, 1.165) is 14.2 Å². The van der Waals surface area contributed by atoms with Crippen LogP contribution in [0.2, 0.25) is 0 Å². The number of ether oxygens (including phenoxy) is 1. The summed E-state index contributed by atoms with van der Waals surface area (Å²) >= 11 is 0. The molecule has 0 amide bonds. The standard InChI is InChI=1S/C8H17O4P.2CH4O/c1-8(2,3)7(9)11-6-12-13(4,5)10;2*1-2/h6H2,1-5H3;2*2H,1H3. The van der Waals surface area contributed by atoms with E-state index in [1.54, 1.807) is 20.8 Å². The van der Waals surface area contributed by atoms with Crippen LogP contribution in [0.25, 0.3) is 0 Å². The number of aliphatic hydroxyl groups excluding tert-OH is 2. The van der Waals surface area contributed by atoms with Crippen LogP contribution in [0, 0.1) is 5.41 Å². The van der Waals surface area contributed by atoms with Gasteiger partial charge in [0.15, 0.2) is 14.2 Å². The van der Waals surface area contributed by atoms with Gasteiger partial charge in [-0.05, 0) is 20.8 Å². The maximum absolute atomic E-state index is 11.2. The number of aliphatic hydroxyl groups is 2. The van der Waals surface area contributed by atoms with Crippen molar-refractivity contribution in [3.8, 4) is 0 Å². The third kappa shape index (κ3) is 18.2. The van der Waals surface area contributed by atoms with Crippen molar-refractivity contribution in [2.45, 2.75) is 20.8 Å². The molecule has 0 aromatic rings. The first-order chi connectivity index (χ1) is 7.63. The largest absolute Gasteiger partial charge is 0.438 e. The number of hydrogen-bond donors (Lipinski definition) is 2. The third-order valence-corrected chi connectivity index (χ3v) is 1.89. The Hall–Kier alpha value is -0.420. The van der Waals surface area contributed by atoms with E-state index in [-0.39, 0.29) is 12.8 Å². The lowest BCUT2D eigenvalue weighted by atomic mass is 9.98. The molecule has 0 aliphatic carbocycles. The fraction of sp³-hybridized carbons (Fsp3) is 0.900. The van der Waals surface area contributed by atoms with E-state index in [0.29, 0.717) is 0 Å². The van der Waals surface area contributed by atoms with Crippen LogP contribution in [-0.4, -0.2) is 50.5 Å². The highest BCUT2D eigenvalue weighted by Crippen LogP contribution is 2.36. The number of hydrogen-bond acceptors (Lipinski definition) is 6. The van der Waals surface area contributed by atoms with E-state index < -0.39 is 12.8 Å². The quantitative estimate of drug-likeness (QED) is 0.457. The lowest BCUT2D eigenvalue weighted by Gasteiger charge is -2.17. The minimum atomic E-state index is -2.55. The van der Waals surface area contributed by atoms with Gasteiger partial charge in [0.25, 0.3) is 0 Å². The zero-order valence-electron chi connectivity index (χ0n) is 11.7.